The first-order valence-corrected chi connectivity index (χ1v) is 13.5. The van der Waals surface area contributed by atoms with E-state index >= 15 is 0 Å². The van der Waals surface area contributed by atoms with E-state index < -0.39 is 26.1 Å². The van der Waals surface area contributed by atoms with Crippen LogP contribution in [0.3, 0.4) is 0 Å². The molecule has 9 nitrogen and oxygen atoms in total. The predicted molar refractivity (Wildman–Crippen MR) is 123 cm³/mol. The van der Waals surface area contributed by atoms with Crippen molar-refractivity contribution >= 4 is 20.0 Å². The summed E-state index contributed by atoms with van der Waals surface area (Å²) in [4.78, 5) is 7.58. The van der Waals surface area contributed by atoms with Crippen LogP contribution in [0.15, 0.2) is 70.6 Å². The number of rotatable bonds is 8. The lowest BCUT2D eigenvalue weighted by atomic mass is 10.2. The van der Waals surface area contributed by atoms with Gasteiger partial charge in [-0.3, -0.25) is 0 Å². The van der Waals surface area contributed by atoms with Crippen molar-refractivity contribution in [2.45, 2.75) is 29.2 Å². The summed E-state index contributed by atoms with van der Waals surface area (Å²) in [6, 6.07) is 14.3. The molecule has 0 bridgehead atoms. The molecule has 2 aromatic carbocycles. The van der Waals surface area contributed by atoms with E-state index in [1.165, 1.54) is 28.6 Å². The fourth-order valence-corrected chi connectivity index (χ4v) is 6.28. The summed E-state index contributed by atoms with van der Waals surface area (Å²) in [5.41, 5.74) is 1.74. The lowest BCUT2D eigenvalue weighted by Crippen LogP contribution is -2.40. The monoisotopic (exact) mass is 490 g/mol. The number of hydrogen-bond acceptors (Lipinski definition) is 6. The van der Waals surface area contributed by atoms with Crippen LogP contribution in [0.1, 0.15) is 25.2 Å². The number of nitrogens with zero attached hydrogens (tertiary/aromatic N) is 2. The molecule has 1 saturated heterocycles. The molecule has 3 aromatic rings. The van der Waals surface area contributed by atoms with Crippen LogP contribution in [-0.4, -0.2) is 57.4 Å². The lowest BCUT2D eigenvalue weighted by molar-refractivity contribution is 0.0730. The molecule has 0 saturated carbocycles. The van der Waals surface area contributed by atoms with Crippen LogP contribution in [0.25, 0.3) is 11.3 Å². The molecule has 176 valence electrons. The maximum absolute atomic E-state index is 13.0. The van der Waals surface area contributed by atoms with Crippen molar-refractivity contribution in [3.63, 3.8) is 0 Å². The van der Waals surface area contributed by atoms with Crippen LogP contribution in [0.2, 0.25) is 0 Å². The van der Waals surface area contributed by atoms with E-state index in [0.717, 1.165) is 11.3 Å². The number of H-pyrrole nitrogens is 1. The summed E-state index contributed by atoms with van der Waals surface area (Å²) in [7, 11) is -7.60. The first-order chi connectivity index (χ1) is 15.8. The summed E-state index contributed by atoms with van der Waals surface area (Å²) in [5, 5.41) is 0. The van der Waals surface area contributed by atoms with Crippen molar-refractivity contribution in [2.24, 2.45) is 0 Å². The van der Waals surface area contributed by atoms with Crippen molar-refractivity contribution in [1.82, 2.24) is 19.0 Å². The van der Waals surface area contributed by atoms with Crippen LogP contribution in [0.4, 0.5) is 0 Å². The molecule has 1 atom stereocenters. The molecular weight excluding hydrogens is 464 g/mol. The van der Waals surface area contributed by atoms with E-state index in [9.17, 15) is 16.8 Å². The van der Waals surface area contributed by atoms with Gasteiger partial charge in [-0.05, 0) is 36.2 Å². The van der Waals surface area contributed by atoms with Gasteiger partial charge in [-0.2, -0.15) is 4.31 Å². The molecular formula is C22H26N4O5S2. The predicted octanol–water partition coefficient (Wildman–Crippen LogP) is 2.53. The molecule has 2 N–H and O–H groups in total. The SMILES string of the molecule is CCC(NS(=O)(=O)c1ccc(S(=O)(=O)N2CCOCC2)cc1)c1ncc(-c2ccccc2)[nH]1. The molecule has 1 aromatic heterocycles. The Kier molecular flexibility index (Phi) is 6.96. The van der Waals surface area contributed by atoms with E-state index in [-0.39, 0.29) is 22.9 Å². The summed E-state index contributed by atoms with van der Waals surface area (Å²) in [5.74, 6) is 0.506. The number of nitrogens with one attached hydrogen (secondary N) is 2. The average molecular weight is 491 g/mol. The Morgan fingerprint density at radius 2 is 1.64 bits per heavy atom. The highest BCUT2D eigenvalue weighted by molar-refractivity contribution is 7.89. The third-order valence-electron chi connectivity index (χ3n) is 5.46. The van der Waals surface area contributed by atoms with Crippen molar-refractivity contribution < 1.29 is 21.6 Å². The molecule has 0 aliphatic carbocycles. The number of hydrogen-bond donors (Lipinski definition) is 2. The van der Waals surface area contributed by atoms with Gasteiger partial charge >= 0.3 is 0 Å². The zero-order valence-corrected chi connectivity index (χ0v) is 19.8. The van der Waals surface area contributed by atoms with Crippen molar-refractivity contribution in [2.75, 3.05) is 26.3 Å². The fraction of sp³-hybridized carbons (Fsp3) is 0.318. The molecule has 1 fully saturated rings. The number of aromatic nitrogens is 2. The van der Waals surface area contributed by atoms with Crippen LogP contribution in [0, 0.1) is 0 Å². The molecule has 1 aliphatic rings. The third kappa shape index (κ3) is 5.17. The normalized spacial score (nSPS) is 16.5. The van der Waals surface area contributed by atoms with Crippen LogP contribution in [-0.2, 0) is 24.8 Å². The highest BCUT2D eigenvalue weighted by atomic mass is 32.2. The molecule has 0 spiro atoms. The Balaban J connectivity index is 1.51. The number of imidazole rings is 1. The molecule has 1 aliphatic heterocycles. The van der Waals surface area contributed by atoms with E-state index in [2.05, 4.69) is 14.7 Å². The second-order valence-electron chi connectivity index (χ2n) is 7.62. The first kappa shape index (κ1) is 23.6. The van der Waals surface area contributed by atoms with E-state index in [1.54, 1.807) is 6.20 Å². The minimum absolute atomic E-state index is 0.0169. The lowest BCUT2D eigenvalue weighted by Gasteiger charge is -2.26. The van der Waals surface area contributed by atoms with Gasteiger partial charge in [-0.1, -0.05) is 37.3 Å². The average Bonchev–Trinajstić information content (AvgIpc) is 3.34. The van der Waals surface area contributed by atoms with Gasteiger partial charge in [0.2, 0.25) is 20.0 Å². The number of benzene rings is 2. The van der Waals surface area contributed by atoms with Gasteiger partial charge in [0.05, 0.1) is 40.9 Å². The number of sulfonamides is 2. The summed E-state index contributed by atoms with van der Waals surface area (Å²) in [6.45, 7) is 3.09. The maximum Gasteiger partial charge on any atom is 0.243 e. The second-order valence-corrected chi connectivity index (χ2v) is 11.3. The standard InChI is InChI=1S/C22H26N4O5S2/c1-2-20(22-23-16-21(24-22)17-6-4-3-5-7-17)25-32(27,28)18-8-10-19(11-9-18)33(29,30)26-12-14-31-15-13-26/h3-11,16,20,25H,2,12-15H2,1H3,(H,23,24). The van der Waals surface area contributed by atoms with Gasteiger partial charge in [0.25, 0.3) is 0 Å². The Hall–Kier alpha value is -2.57. The first-order valence-electron chi connectivity index (χ1n) is 10.6. The molecule has 1 unspecified atom stereocenters. The van der Waals surface area contributed by atoms with Crippen molar-refractivity contribution in [1.29, 1.82) is 0 Å². The Morgan fingerprint density at radius 3 is 2.27 bits per heavy atom. The molecule has 33 heavy (non-hydrogen) atoms. The maximum atomic E-state index is 13.0. The molecule has 4 rings (SSSR count). The Morgan fingerprint density at radius 1 is 1.00 bits per heavy atom. The number of ether oxygens (including phenoxy) is 1. The quantitative estimate of drug-likeness (QED) is 0.500. The summed E-state index contributed by atoms with van der Waals surface area (Å²) >= 11 is 0. The summed E-state index contributed by atoms with van der Waals surface area (Å²) < 4.78 is 60.7. The Labute approximate surface area is 193 Å². The minimum atomic E-state index is -3.90. The largest absolute Gasteiger partial charge is 0.379 e. The third-order valence-corrected chi connectivity index (χ3v) is 8.86. The van der Waals surface area contributed by atoms with E-state index in [4.69, 9.17) is 4.74 Å². The van der Waals surface area contributed by atoms with Gasteiger partial charge in [-0.25, -0.2) is 26.5 Å². The van der Waals surface area contributed by atoms with E-state index in [0.29, 0.717) is 25.5 Å². The van der Waals surface area contributed by atoms with Gasteiger partial charge in [0.1, 0.15) is 5.82 Å². The summed E-state index contributed by atoms with van der Waals surface area (Å²) in [6.07, 6.45) is 2.15. The van der Waals surface area contributed by atoms with Crippen molar-refractivity contribution in [3.8, 4) is 11.3 Å². The molecule has 11 heteroatoms. The van der Waals surface area contributed by atoms with Crippen LogP contribution >= 0.6 is 0 Å². The smallest absolute Gasteiger partial charge is 0.243 e. The highest BCUT2D eigenvalue weighted by Gasteiger charge is 2.27. The van der Waals surface area contributed by atoms with Crippen LogP contribution < -0.4 is 4.72 Å². The van der Waals surface area contributed by atoms with Gasteiger partial charge in [0, 0.05) is 13.1 Å². The number of morpholine rings is 1. The Bertz CT molecular complexity index is 1280. The van der Waals surface area contributed by atoms with Crippen molar-refractivity contribution in [3.05, 3.63) is 66.6 Å². The highest BCUT2D eigenvalue weighted by Crippen LogP contribution is 2.24. The van der Waals surface area contributed by atoms with Gasteiger partial charge < -0.3 is 9.72 Å². The van der Waals surface area contributed by atoms with E-state index in [1.807, 2.05) is 37.3 Å². The minimum Gasteiger partial charge on any atom is -0.379 e. The molecule has 2 heterocycles. The number of aromatic amines is 1. The molecule has 0 amide bonds. The topological polar surface area (TPSA) is 121 Å². The van der Waals surface area contributed by atoms with Crippen LogP contribution in [0.5, 0.6) is 0 Å². The van der Waals surface area contributed by atoms with Gasteiger partial charge in [0.15, 0.2) is 0 Å². The second kappa shape index (κ2) is 9.74. The zero-order valence-electron chi connectivity index (χ0n) is 18.1. The zero-order chi connectivity index (χ0) is 23.5. The molecule has 0 radical (unpaired) electrons. The van der Waals surface area contributed by atoms with Gasteiger partial charge in [-0.15, -0.1) is 0 Å². The fourth-order valence-electron chi connectivity index (χ4n) is 3.59.